The molecule has 0 aromatic carbocycles. The number of nitrogens with two attached hydrogens (primary N) is 2. The lowest BCUT2D eigenvalue weighted by atomic mass is 10.0. The van der Waals surface area contributed by atoms with Crippen molar-refractivity contribution in [1.82, 2.24) is 9.88 Å². The van der Waals surface area contributed by atoms with Gasteiger partial charge in [-0.15, -0.1) is 0 Å². The van der Waals surface area contributed by atoms with Crippen LogP contribution >= 0.6 is 11.3 Å². The van der Waals surface area contributed by atoms with E-state index in [4.69, 9.17) is 11.5 Å². The zero-order valence-electron chi connectivity index (χ0n) is 11.7. The smallest absolute Gasteiger partial charge is 0.268 e. The number of anilines is 2. The highest BCUT2D eigenvalue weighted by Gasteiger charge is 2.33. The highest BCUT2D eigenvalue weighted by Crippen LogP contribution is 2.32. The summed E-state index contributed by atoms with van der Waals surface area (Å²) in [7, 11) is 0. The van der Waals surface area contributed by atoms with Crippen LogP contribution in [0.25, 0.3) is 0 Å². The van der Waals surface area contributed by atoms with Gasteiger partial charge in [-0.1, -0.05) is 11.3 Å². The van der Waals surface area contributed by atoms with Crippen molar-refractivity contribution in [2.24, 2.45) is 5.73 Å². The Hall–Kier alpha value is -1.83. The van der Waals surface area contributed by atoms with Crippen LogP contribution in [0.15, 0.2) is 0 Å². The predicted octanol–water partition coefficient (Wildman–Crippen LogP) is 0.780. The molecule has 2 aliphatic rings. The maximum absolute atomic E-state index is 12.6. The molecule has 2 amide bonds. The molecule has 21 heavy (non-hydrogen) atoms. The van der Waals surface area contributed by atoms with E-state index in [1.165, 1.54) is 16.2 Å². The predicted molar refractivity (Wildman–Crippen MR) is 81.0 cm³/mol. The van der Waals surface area contributed by atoms with E-state index in [9.17, 15) is 9.59 Å². The Labute approximate surface area is 126 Å². The number of thiazole rings is 1. The molecule has 114 valence electrons. The Morgan fingerprint density at radius 2 is 2.05 bits per heavy atom. The van der Waals surface area contributed by atoms with Gasteiger partial charge in [-0.2, -0.15) is 0 Å². The van der Waals surface area contributed by atoms with Crippen molar-refractivity contribution < 1.29 is 9.59 Å². The maximum Gasteiger partial charge on any atom is 0.268 e. The van der Waals surface area contributed by atoms with Crippen LogP contribution in [0, 0.1) is 0 Å². The molecule has 1 saturated carbocycles. The second-order valence-corrected chi connectivity index (χ2v) is 6.56. The van der Waals surface area contributed by atoms with Gasteiger partial charge in [0.2, 0.25) is 5.91 Å². The van der Waals surface area contributed by atoms with Gasteiger partial charge in [-0.3, -0.25) is 9.59 Å². The summed E-state index contributed by atoms with van der Waals surface area (Å²) in [6, 6.07) is -0.0838. The molecule has 0 spiro atoms. The van der Waals surface area contributed by atoms with Crippen LogP contribution in [0.2, 0.25) is 0 Å². The number of aromatic nitrogens is 1. The van der Waals surface area contributed by atoms with Crippen molar-refractivity contribution in [2.75, 3.05) is 17.6 Å². The minimum absolute atomic E-state index is 0.224. The molecule has 1 aromatic rings. The molecule has 1 saturated heterocycles. The van der Waals surface area contributed by atoms with Gasteiger partial charge in [0.25, 0.3) is 5.91 Å². The zero-order chi connectivity index (χ0) is 15.0. The Kier molecular flexibility index (Phi) is 3.71. The first kappa shape index (κ1) is 14.1. The van der Waals surface area contributed by atoms with Gasteiger partial charge >= 0.3 is 0 Å². The highest BCUT2D eigenvalue weighted by molar-refractivity contribution is 7.18. The summed E-state index contributed by atoms with van der Waals surface area (Å²) in [6.45, 7) is 0.537. The number of nitrogens with one attached hydrogen (secondary N) is 1. The van der Waals surface area contributed by atoms with Crippen molar-refractivity contribution in [3.05, 3.63) is 4.88 Å². The number of nitrogen functional groups attached to an aromatic ring is 1. The normalized spacial score (nSPS) is 22.1. The second kappa shape index (κ2) is 5.51. The first-order valence-corrected chi connectivity index (χ1v) is 8.01. The van der Waals surface area contributed by atoms with Crippen LogP contribution in [0.1, 0.15) is 41.8 Å². The Bertz CT molecular complexity index is 569. The Balaban J connectivity index is 1.79. The number of piperidine rings is 1. The number of nitrogens with zero attached hydrogens (tertiary/aromatic N) is 2. The molecule has 1 unspecified atom stereocenters. The van der Waals surface area contributed by atoms with Crippen LogP contribution in [-0.2, 0) is 4.79 Å². The summed E-state index contributed by atoms with van der Waals surface area (Å²) >= 11 is 1.25. The lowest BCUT2D eigenvalue weighted by Crippen LogP contribution is -2.50. The first-order chi connectivity index (χ1) is 10.1. The molecule has 0 bridgehead atoms. The molecule has 3 rings (SSSR count). The fraction of sp³-hybridized carbons (Fsp3) is 0.615. The standard InChI is InChI=1S/C13H19N5O2S/c14-10-9(21-13(17-10)16-7-4-5-7)12(20)18-6-2-1-3-8(18)11(15)19/h7-8H,1-6,14H2,(H2,15,19)(H,16,17). The molecule has 0 radical (unpaired) electrons. The molecule has 1 aromatic heterocycles. The minimum atomic E-state index is -0.535. The monoisotopic (exact) mass is 309 g/mol. The summed E-state index contributed by atoms with van der Waals surface area (Å²) in [4.78, 5) is 30.3. The highest BCUT2D eigenvalue weighted by atomic mass is 32.1. The topological polar surface area (TPSA) is 114 Å². The van der Waals surface area contributed by atoms with Crippen LogP contribution in [0.4, 0.5) is 10.9 Å². The maximum atomic E-state index is 12.6. The molecule has 8 heteroatoms. The molecule has 2 fully saturated rings. The summed E-state index contributed by atoms with van der Waals surface area (Å²) in [5.41, 5.74) is 11.3. The SMILES string of the molecule is NC(=O)C1CCCCN1C(=O)c1sc(NC2CC2)nc1N. The zero-order valence-corrected chi connectivity index (χ0v) is 12.5. The van der Waals surface area contributed by atoms with Crippen molar-refractivity contribution >= 4 is 34.1 Å². The fourth-order valence-electron chi connectivity index (χ4n) is 2.55. The third-order valence-corrected chi connectivity index (χ3v) is 4.84. The van der Waals surface area contributed by atoms with Crippen LogP contribution < -0.4 is 16.8 Å². The van der Waals surface area contributed by atoms with Gasteiger partial charge < -0.3 is 21.7 Å². The van der Waals surface area contributed by atoms with E-state index < -0.39 is 11.9 Å². The third kappa shape index (κ3) is 2.94. The van der Waals surface area contributed by atoms with E-state index in [-0.39, 0.29) is 11.7 Å². The van der Waals surface area contributed by atoms with Crippen molar-refractivity contribution in [1.29, 1.82) is 0 Å². The largest absolute Gasteiger partial charge is 0.382 e. The number of carbonyl (C=O) groups excluding carboxylic acids is 2. The molecular weight excluding hydrogens is 290 g/mol. The first-order valence-electron chi connectivity index (χ1n) is 7.19. The van der Waals surface area contributed by atoms with E-state index in [2.05, 4.69) is 10.3 Å². The van der Waals surface area contributed by atoms with Crippen molar-refractivity contribution in [2.45, 2.75) is 44.2 Å². The summed E-state index contributed by atoms with van der Waals surface area (Å²) in [5, 5.41) is 3.91. The van der Waals surface area contributed by atoms with Crippen LogP contribution in [0.3, 0.4) is 0 Å². The molecule has 1 aliphatic heterocycles. The lowest BCUT2D eigenvalue weighted by Gasteiger charge is -2.33. The van der Waals surface area contributed by atoms with Gasteiger partial charge in [-0.25, -0.2) is 4.98 Å². The van der Waals surface area contributed by atoms with E-state index in [0.717, 1.165) is 25.7 Å². The van der Waals surface area contributed by atoms with Gasteiger partial charge in [0.05, 0.1) is 0 Å². The van der Waals surface area contributed by atoms with Crippen molar-refractivity contribution in [3.63, 3.8) is 0 Å². The number of primary amides is 1. The van der Waals surface area contributed by atoms with E-state index in [0.29, 0.717) is 29.0 Å². The van der Waals surface area contributed by atoms with Crippen LogP contribution in [-0.4, -0.2) is 40.3 Å². The molecule has 5 N–H and O–H groups in total. The number of likely N-dealkylation sites (tertiary alicyclic amines) is 1. The Morgan fingerprint density at radius 3 is 2.71 bits per heavy atom. The van der Waals surface area contributed by atoms with Gasteiger partial charge in [0.1, 0.15) is 16.7 Å². The van der Waals surface area contributed by atoms with Gasteiger partial charge in [-0.05, 0) is 32.1 Å². The fourth-order valence-corrected chi connectivity index (χ4v) is 3.47. The number of amides is 2. The number of rotatable bonds is 4. The molecule has 2 heterocycles. The molecule has 1 aliphatic carbocycles. The second-order valence-electron chi connectivity index (χ2n) is 5.56. The number of hydrogen-bond donors (Lipinski definition) is 3. The molecular formula is C13H19N5O2S. The number of hydrogen-bond acceptors (Lipinski definition) is 6. The van der Waals surface area contributed by atoms with Gasteiger partial charge in [0, 0.05) is 12.6 Å². The average Bonchev–Trinajstić information content (AvgIpc) is 3.20. The summed E-state index contributed by atoms with van der Waals surface area (Å²) in [5.74, 6) is -0.471. The third-order valence-electron chi connectivity index (χ3n) is 3.84. The average molecular weight is 309 g/mol. The lowest BCUT2D eigenvalue weighted by molar-refractivity contribution is -0.123. The quantitative estimate of drug-likeness (QED) is 0.760. The van der Waals surface area contributed by atoms with E-state index >= 15 is 0 Å². The Morgan fingerprint density at radius 1 is 1.29 bits per heavy atom. The van der Waals surface area contributed by atoms with Crippen molar-refractivity contribution in [3.8, 4) is 0 Å². The summed E-state index contributed by atoms with van der Waals surface area (Å²) < 4.78 is 0. The van der Waals surface area contributed by atoms with E-state index in [1.807, 2.05) is 0 Å². The van der Waals surface area contributed by atoms with Crippen LogP contribution in [0.5, 0.6) is 0 Å². The minimum Gasteiger partial charge on any atom is -0.382 e. The molecule has 7 nitrogen and oxygen atoms in total. The summed E-state index contributed by atoms with van der Waals surface area (Å²) in [6.07, 6.45) is 4.65. The van der Waals surface area contributed by atoms with E-state index in [1.54, 1.807) is 0 Å². The molecule has 1 atom stereocenters. The van der Waals surface area contributed by atoms with Gasteiger partial charge in [0.15, 0.2) is 5.13 Å². The number of carbonyl (C=O) groups is 2.